The quantitative estimate of drug-likeness (QED) is 0.485. The smallest absolute Gasteiger partial charge is 0.251 e. The molecular weight excluding hydrogens is 234 g/mol. The molecule has 0 rings (SSSR count). The minimum Gasteiger partial charge on any atom is -0.352 e. The van der Waals surface area contributed by atoms with Crippen molar-refractivity contribution in [3.63, 3.8) is 0 Å². The molecule has 19 heavy (non-hydrogen) atoms. The number of allylic oxidation sites excluding steroid dienone is 3. The molecule has 0 aliphatic heterocycles. The summed E-state index contributed by atoms with van der Waals surface area (Å²) in [5, 5.41) is 3.04. The van der Waals surface area contributed by atoms with E-state index in [1.165, 1.54) is 25.7 Å². The fraction of sp³-hybridized carbons (Fsp3) is 0.588. The van der Waals surface area contributed by atoms with Crippen molar-refractivity contribution in [2.75, 3.05) is 6.54 Å². The third-order valence-corrected chi connectivity index (χ3v) is 2.96. The number of carbonyl (C=O) groups excluding carboxylic acids is 1. The molecular formula is C17H29NO. The van der Waals surface area contributed by atoms with Gasteiger partial charge in [-0.25, -0.2) is 0 Å². The van der Waals surface area contributed by atoms with Crippen molar-refractivity contribution in [1.82, 2.24) is 5.32 Å². The van der Waals surface area contributed by atoms with Gasteiger partial charge in [-0.1, -0.05) is 51.0 Å². The predicted molar refractivity (Wildman–Crippen MR) is 84.0 cm³/mol. The highest BCUT2D eigenvalue weighted by Crippen LogP contribution is 2.12. The molecule has 0 spiro atoms. The molecule has 0 bridgehead atoms. The van der Waals surface area contributed by atoms with Crippen LogP contribution in [0.25, 0.3) is 0 Å². The van der Waals surface area contributed by atoms with Crippen molar-refractivity contribution in [1.29, 1.82) is 0 Å². The lowest BCUT2D eigenvalue weighted by Crippen LogP contribution is -2.30. The van der Waals surface area contributed by atoms with E-state index >= 15 is 0 Å². The first kappa shape index (κ1) is 17.7. The first-order valence-electron chi connectivity index (χ1n) is 7.33. The van der Waals surface area contributed by atoms with Crippen molar-refractivity contribution in [2.45, 2.75) is 53.4 Å². The van der Waals surface area contributed by atoms with Crippen LogP contribution in [-0.4, -0.2) is 12.5 Å². The summed E-state index contributed by atoms with van der Waals surface area (Å²) >= 11 is 0. The number of nitrogens with one attached hydrogen (secondary N) is 1. The van der Waals surface area contributed by atoms with Gasteiger partial charge in [0.05, 0.1) is 0 Å². The maximum Gasteiger partial charge on any atom is 0.251 e. The molecule has 1 amide bonds. The Morgan fingerprint density at radius 1 is 1.26 bits per heavy atom. The highest BCUT2D eigenvalue weighted by molar-refractivity contribution is 5.96. The molecule has 108 valence electrons. The summed E-state index contributed by atoms with van der Waals surface area (Å²) in [5.41, 5.74) is 1.57. The molecule has 0 radical (unpaired) electrons. The molecule has 2 heteroatoms. The van der Waals surface area contributed by atoms with E-state index in [1.807, 2.05) is 32.1 Å². The number of carbonyl (C=O) groups is 1. The summed E-state index contributed by atoms with van der Waals surface area (Å²) < 4.78 is 0. The maximum atomic E-state index is 12.1. The molecule has 0 fully saturated rings. The first-order valence-corrected chi connectivity index (χ1v) is 7.33. The maximum absolute atomic E-state index is 12.1. The van der Waals surface area contributed by atoms with E-state index < -0.39 is 0 Å². The van der Waals surface area contributed by atoms with E-state index in [1.54, 1.807) is 0 Å². The molecule has 0 saturated carbocycles. The van der Waals surface area contributed by atoms with Crippen molar-refractivity contribution in [3.05, 3.63) is 36.0 Å². The van der Waals surface area contributed by atoms with Gasteiger partial charge in [0.15, 0.2) is 0 Å². The van der Waals surface area contributed by atoms with E-state index in [2.05, 4.69) is 25.7 Å². The van der Waals surface area contributed by atoms with Gasteiger partial charge in [0.1, 0.15) is 0 Å². The first-order chi connectivity index (χ1) is 9.04. The number of rotatable bonds is 9. The Morgan fingerprint density at radius 2 is 1.84 bits per heavy atom. The van der Waals surface area contributed by atoms with Crippen LogP contribution in [0.3, 0.4) is 0 Å². The summed E-state index contributed by atoms with van der Waals surface area (Å²) in [6.45, 7) is 12.8. The summed E-state index contributed by atoms with van der Waals surface area (Å²) in [6, 6.07) is 0. The Kier molecular flexibility index (Phi) is 9.87. The Hall–Kier alpha value is -1.31. The van der Waals surface area contributed by atoms with Crippen LogP contribution in [0.15, 0.2) is 36.0 Å². The van der Waals surface area contributed by atoms with Gasteiger partial charge in [-0.2, -0.15) is 0 Å². The summed E-state index contributed by atoms with van der Waals surface area (Å²) in [4.78, 5) is 12.1. The van der Waals surface area contributed by atoms with E-state index in [0.29, 0.717) is 11.5 Å². The molecule has 0 heterocycles. The van der Waals surface area contributed by atoms with Crippen molar-refractivity contribution in [3.8, 4) is 0 Å². The van der Waals surface area contributed by atoms with E-state index in [0.717, 1.165) is 12.1 Å². The Labute approximate surface area is 118 Å². The topological polar surface area (TPSA) is 29.1 Å². The summed E-state index contributed by atoms with van der Waals surface area (Å²) in [7, 11) is 0. The summed E-state index contributed by atoms with van der Waals surface area (Å²) in [6.07, 6.45) is 10.2. The fourth-order valence-electron chi connectivity index (χ4n) is 2.14. The molecule has 0 aromatic carbocycles. The largest absolute Gasteiger partial charge is 0.352 e. The van der Waals surface area contributed by atoms with Crippen molar-refractivity contribution < 1.29 is 4.79 Å². The lowest BCUT2D eigenvalue weighted by Gasteiger charge is -2.16. The highest BCUT2D eigenvalue weighted by atomic mass is 16.1. The van der Waals surface area contributed by atoms with Gasteiger partial charge >= 0.3 is 0 Å². The molecule has 0 atom stereocenters. The molecule has 0 aromatic rings. The van der Waals surface area contributed by atoms with Gasteiger partial charge in [0.2, 0.25) is 0 Å². The zero-order chi connectivity index (χ0) is 14.7. The van der Waals surface area contributed by atoms with Gasteiger partial charge < -0.3 is 5.32 Å². The standard InChI is InChI=1S/C17H29NO/c1-6-9-15(10-7-2)13-18-17(19)16(11-8-3)12-14(4)5/h8,11-12,15H,4,6-7,9-10,13H2,1-3,5H3,(H,18,19)/b11-8-,16-12+. The van der Waals surface area contributed by atoms with Crippen LogP contribution in [0.2, 0.25) is 0 Å². The minimum absolute atomic E-state index is 0.00157. The Bertz CT molecular complexity index is 333. The average molecular weight is 263 g/mol. The molecule has 2 nitrogen and oxygen atoms in total. The second-order valence-electron chi connectivity index (χ2n) is 5.10. The van der Waals surface area contributed by atoms with Crippen molar-refractivity contribution >= 4 is 5.91 Å². The second-order valence-corrected chi connectivity index (χ2v) is 5.10. The van der Waals surface area contributed by atoms with Gasteiger partial charge in [0, 0.05) is 12.1 Å². The van der Waals surface area contributed by atoms with Gasteiger partial charge in [-0.05, 0) is 38.7 Å². The molecule has 0 aromatic heterocycles. The van der Waals surface area contributed by atoms with Gasteiger partial charge in [-0.15, -0.1) is 0 Å². The monoisotopic (exact) mass is 263 g/mol. The van der Waals surface area contributed by atoms with Crippen LogP contribution in [0.5, 0.6) is 0 Å². The Balaban J connectivity index is 4.51. The third-order valence-electron chi connectivity index (χ3n) is 2.96. The second kappa shape index (κ2) is 10.6. The third kappa shape index (κ3) is 8.41. The fourth-order valence-corrected chi connectivity index (χ4v) is 2.14. The highest BCUT2D eigenvalue weighted by Gasteiger charge is 2.10. The van der Waals surface area contributed by atoms with E-state index in [9.17, 15) is 4.79 Å². The predicted octanol–water partition coefficient (Wildman–Crippen LogP) is 4.40. The minimum atomic E-state index is -0.00157. The lowest BCUT2D eigenvalue weighted by molar-refractivity contribution is -0.117. The van der Waals surface area contributed by atoms with E-state index in [4.69, 9.17) is 0 Å². The van der Waals surface area contributed by atoms with Crippen LogP contribution >= 0.6 is 0 Å². The van der Waals surface area contributed by atoms with Crippen LogP contribution in [0.4, 0.5) is 0 Å². The Morgan fingerprint density at radius 3 is 2.26 bits per heavy atom. The van der Waals surface area contributed by atoms with Crippen LogP contribution in [0.1, 0.15) is 53.4 Å². The zero-order valence-electron chi connectivity index (χ0n) is 13.0. The van der Waals surface area contributed by atoms with Gasteiger partial charge in [-0.3, -0.25) is 4.79 Å². The number of hydrogen-bond donors (Lipinski definition) is 1. The SMILES string of the molecule is C=C(C)/C=C(\C=C/C)C(=O)NCC(CCC)CCC. The average Bonchev–Trinajstić information content (AvgIpc) is 2.35. The molecule has 0 unspecified atom stereocenters. The number of amides is 1. The van der Waals surface area contributed by atoms with Crippen LogP contribution < -0.4 is 5.32 Å². The molecule has 0 aliphatic rings. The molecule has 1 N–H and O–H groups in total. The zero-order valence-corrected chi connectivity index (χ0v) is 13.0. The van der Waals surface area contributed by atoms with Crippen molar-refractivity contribution in [2.24, 2.45) is 5.92 Å². The number of hydrogen-bond acceptors (Lipinski definition) is 1. The normalized spacial score (nSPS) is 12.2. The van der Waals surface area contributed by atoms with Crippen LogP contribution in [-0.2, 0) is 4.79 Å². The molecule has 0 aliphatic carbocycles. The molecule has 0 saturated heterocycles. The van der Waals surface area contributed by atoms with E-state index in [-0.39, 0.29) is 5.91 Å². The van der Waals surface area contributed by atoms with Gasteiger partial charge in [0.25, 0.3) is 5.91 Å². The van der Waals surface area contributed by atoms with Crippen LogP contribution in [0, 0.1) is 5.92 Å². The lowest BCUT2D eigenvalue weighted by atomic mass is 9.98. The summed E-state index contributed by atoms with van der Waals surface area (Å²) in [5.74, 6) is 0.592.